The van der Waals surface area contributed by atoms with E-state index in [4.69, 9.17) is 9.47 Å². The van der Waals surface area contributed by atoms with Gasteiger partial charge in [-0.2, -0.15) is 0 Å². The van der Waals surface area contributed by atoms with Crippen molar-refractivity contribution >= 4 is 5.69 Å². The molecule has 0 saturated carbocycles. The van der Waals surface area contributed by atoms with E-state index in [2.05, 4.69) is 6.92 Å². The Hall–Kier alpha value is -1.62. The van der Waals surface area contributed by atoms with Crippen LogP contribution in [-0.2, 0) is 4.74 Å². The summed E-state index contributed by atoms with van der Waals surface area (Å²) in [5, 5.41) is 10.5. The molecule has 0 fully saturated rings. The second-order valence-corrected chi connectivity index (χ2v) is 4.09. The van der Waals surface area contributed by atoms with E-state index in [9.17, 15) is 10.1 Å². The molecule has 0 N–H and O–H groups in total. The molecule has 0 heterocycles. The highest BCUT2D eigenvalue weighted by molar-refractivity contribution is 5.36. The molecule has 1 atom stereocenters. The number of nitro groups is 1. The third-order valence-electron chi connectivity index (χ3n) is 2.58. The average molecular weight is 253 g/mol. The highest BCUT2D eigenvalue weighted by Crippen LogP contribution is 2.19. The molecule has 5 nitrogen and oxygen atoms in total. The first-order valence-corrected chi connectivity index (χ1v) is 6.07. The Balaban J connectivity index is 2.59. The van der Waals surface area contributed by atoms with Crippen LogP contribution in [0.2, 0.25) is 0 Å². The zero-order valence-electron chi connectivity index (χ0n) is 10.8. The van der Waals surface area contributed by atoms with E-state index in [-0.39, 0.29) is 11.8 Å². The molecule has 0 saturated heterocycles. The van der Waals surface area contributed by atoms with Crippen molar-refractivity contribution in [2.75, 3.05) is 13.7 Å². The van der Waals surface area contributed by atoms with Crippen LogP contribution in [0.25, 0.3) is 0 Å². The van der Waals surface area contributed by atoms with Gasteiger partial charge in [-0.25, -0.2) is 0 Å². The lowest BCUT2D eigenvalue weighted by molar-refractivity contribution is -0.384. The minimum absolute atomic E-state index is 0.00333. The van der Waals surface area contributed by atoms with Crippen molar-refractivity contribution in [3.8, 4) is 5.75 Å². The largest absolute Gasteiger partial charge is 0.488 e. The van der Waals surface area contributed by atoms with Crippen molar-refractivity contribution in [2.45, 2.75) is 32.3 Å². The van der Waals surface area contributed by atoms with Crippen LogP contribution in [-0.4, -0.2) is 24.7 Å². The van der Waals surface area contributed by atoms with Gasteiger partial charge in [-0.3, -0.25) is 10.1 Å². The lowest BCUT2D eigenvalue weighted by Crippen LogP contribution is -2.22. The zero-order chi connectivity index (χ0) is 13.4. The van der Waals surface area contributed by atoms with Gasteiger partial charge in [-0.1, -0.05) is 13.3 Å². The van der Waals surface area contributed by atoms with Crippen LogP contribution < -0.4 is 4.74 Å². The van der Waals surface area contributed by atoms with Crippen molar-refractivity contribution in [3.63, 3.8) is 0 Å². The number of rotatable bonds is 8. The van der Waals surface area contributed by atoms with Crippen LogP contribution in [0.15, 0.2) is 24.3 Å². The molecule has 100 valence electrons. The highest BCUT2D eigenvalue weighted by Gasteiger charge is 2.11. The van der Waals surface area contributed by atoms with Gasteiger partial charge in [0.2, 0.25) is 0 Å². The average Bonchev–Trinajstić information content (AvgIpc) is 2.37. The van der Waals surface area contributed by atoms with E-state index < -0.39 is 4.92 Å². The molecular weight excluding hydrogens is 234 g/mol. The minimum atomic E-state index is -0.423. The molecule has 18 heavy (non-hydrogen) atoms. The molecule has 0 bridgehead atoms. The first-order valence-electron chi connectivity index (χ1n) is 6.07. The fourth-order valence-electron chi connectivity index (χ4n) is 1.63. The zero-order valence-corrected chi connectivity index (χ0v) is 10.8. The summed E-state index contributed by atoms with van der Waals surface area (Å²) < 4.78 is 10.8. The molecule has 1 aromatic rings. The van der Waals surface area contributed by atoms with Gasteiger partial charge in [0.15, 0.2) is 0 Å². The minimum Gasteiger partial charge on any atom is -0.488 e. The van der Waals surface area contributed by atoms with E-state index in [1.165, 1.54) is 12.1 Å². The Labute approximate surface area is 107 Å². The third kappa shape index (κ3) is 4.71. The smallest absolute Gasteiger partial charge is 0.269 e. The summed E-state index contributed by atoms with van der Waals surface area (Å²) >= 11 is 0. The summed E-state index contributed by atoms with van der Waals surface area (Å²) in [4.78, 5) is 10.1. The van der Waals surface area contributed by atoms with Crippen molar-refractivity contribution in [2.24, 2.45) is 0 Å². The molecule has 1 aromatic carbocycles. The van der Waals surface area contributed by atoms with Gasteiger partial charge in [0, 0.05) is 19.2 Å². The van der Waals surface area contributed by atoms with E-state index >= 15 is 0 Å². The number of non-ortho nitro benzene ring substituents is 1. The summed E-state index contributed by atoms with van der Waals surface area (Å²) in [6.07, 6.45) is 3.09. The van der Waals surface area contributed by atoms with E-state index in [0.29, 0.717) is 12.4 Å². The molecule has 1 unspecified atom stereocenters. The molecule has 0 aromatic heterocycles. The molecule has 0 spiro atoms. The Morgan fingerprint density at radius 3 is 2.50 bits per heavy atom. The SMILES string of the molecule is CCCCC(COC)Oc1ccc([N+](=O)[O-])cc1. The first kappa shape index (κ1) is 14.4. The molecule has 0 aliphatic rings. The maximum Gasteiger partial charge on any atom is 0.269 e. The number of nitrogens with zero attached hydrogens (tertiary/aromatic N) is 1. The van der Waals surface area contributed by atoms with Crippen LogP contribution in [0.5, 0.6) is 5.75 Å². The van der Waals surface area contributed by atoms with Gasteiger partial charge in [-0.05, 0) is 25.0 Å². The van der Waals surface area contributed by atoms with Crippen LogP contribution in [0.3, 0.4) is 0 Å². The van der Waals surface area contributed by atoms with Gasteiger partial charge in [0.05, 0.1) is 11.5 Å². The number of hydrogen-bond donors (Lipinski definition) is 0. The Kier molecular flexibility index (Phi) is 6.14. The molecule has 5 heteroatoms. The van der Waals surface area contributed by atoms with Gasteiger partial charge >= 0.3 is 0 Å². The van der Waals surface area contributed by atoms with Gasteiger partial charge in [-0.15, -0.1) is 0 Å². The van der Waals surface area contributed by atoms with Crippen molar-refractivity contribution in [3.05, 3.63) is 34.4 Å². The Bertz CT molecular complexity index is 364. The summed E-state index contributed by atoms with van der Waals surface area (Å²) in [6.45, 7) is 2.65. The van der Waals surface area contributed by atoms with Crippen molar-refractivity contribution < 1.29 is 14.4 Å². The highest BCUT2D eigenvalue weighted by atomic mass is 16.6. The number of benzene rings is 1. The number of hydrogen-bond acceptors (Lipinski definition) is 4. The van der Waals surface area contributed by atoms with Crippen LogP contribution >= 0.6 is 0 Å². The van der Waals surface area contributed by atoms with Crippen LogP contribution in [0.1, 0.15) is 26.2 Å². The maximum atomic E-state index is 10.5. The van der Waals surface area contributed by atoms with E-state index in [1.807, 2.05) is 0 Å². The van der Waals surface area contributed by atoms with Crippen LogP contribution in [0.4, 0.5) is 5.69 Å². The number of nitro benzene ring substituents is 1. The maximum absolute atomic E-state index is 10.5. The fraction of sp³-hybridized carbons (Fsp3) is 0.538. The lowest BCUT2D eigenvalue weighted by atomic mass is 10.2. The number of unbranched alkanes of at least 4 members (excludes halogenated alkanes) is 1. The summed E-state index contributed by atoms with van der Waals surface area (Å²) in [5.41, 5.74) is 0.0687. The number of methoxy groups -OCH3 is 1. The topological polar surface area (TPSA) is 61.6 Å². The monoisotopic (exact) mass is 253 g/mol. The summed E-state index contributed by atoms with van der Waals surface area (Å²) in [7, 11) is 1.64. The molecule has 0 radical (unpaired) electrons. The molecule has 0 amide bonds. The standard InChI is InChI=1S/C13H19NO4/c1-3-4-5-13(10-17-2)18-12-8-6-11(7-9-12)14(15)16/h6-9,13H,3-5,10H2,1-2H3. The predicted octanol–water partition coefficient (Wildman–Crippen LogP) is 3.18. The molecule has 0 aliphatic heterocycles. The third-order valence-corrected chi connectivity index (χ3v) is 2.58. The van der Waals surface area contributed by atoms with Crippen LogP contribution in [0, 0.1) is 10.1 Å². The van der Waals surface area contributed by atoms with E-state index in [0.717, 1.165) is 19.3 Å². The lowest BCUT2D eigenvalue weighted by Gasteiger charge is -2.18. The number of ether oxygens (including phenoxy) is 2. The quantitative estimate of drug-likeness (QED) is 0.527. The van der Waals surface area contributed by atoms with Crippen molar-refractivity contribution in [1.29, 1.82) is 0 Å². The van der Waals surface area contributed by atoms with Gasteiger partial charge in [0.25, 0.3) is 5.69 Å². The Morgan fingerprint density at radius 1 is 1.33 bits per heavy atom. The normalized spacial score (nSPS) is 12.1. The van der Waals surface area contributed by atoms with Gasteiger partial charge < -0.3 is 9.47 Å². The fourth-order valence-corrected chi connectivity index (χ4v) is 1.63. The predicted molar refractivity (Wildman–Crippen MR) is 68.9 cm³/mol. The molecular formula is C13H19NO4. The second kappa shape index (κ2) is 7.66. The van der Waals surface area contributed by atoms with Crippen molar-refractivity contribution in [1.82, 2.24) is 0 Å². The molecule has 0 aliphatic carbocycles. The second-order valence-electron chi connectivity index (χ2n) is 4.09. The Morgan fingerprint density at radius 2 is 2.00 bits per heavy atom. The first-order chi connectivity index (χ1) is 8.67. The van der Waals surface area contributed by atoms with Gasteiger partial charge in [0.1, 0.15) is 11.9 Å². The summed E-state index contributed by atoms with van der Waals surface area (Å²) in [5.74, 6) is 0.638. The molecule has 1 rings (SSSR count). The van der Waals surface area contributed by atoms with E-state index in [1.54, 1.807) is 19.2 Å². The summed E-state index contributed by atoms with van der Waals surface area (Å²) in [6, 6.07) is 6.12.